The molecule has 0 atom stereocenters. The van der Waals surface area contributed by atoms with Crippen molar-refractivity contribution in [2.24, 2.45) is 0 Å². The second kappa shape index (κ2) is 2.09. The summed E-state index contributed by atoms with van der Waals surface area (Å²) in [7, 11) is 0. The molecular formula is C9H9NO. The van der Waals surface area contributed by atoms with E-state index in [-0.39, 0.29) is 0 Å². The molecule has 1 heterocycles. The molecule has 0 fully saturated rings. The summed E-state index contributed by atoms with van der Waals surface area (Å²) in [4.78, 5) is 0. The summed E-state index contributed by atoms with van der Waals surface area (Å²) in [6.45, 7) is 2.58. The van der Waals surface area contributed by atoms with Crippen LogP contribution >= 0.6 is 0 Å². The van der Waals surface area contributed by atoms with Crippen LogP contribution in [0.4, 0.5) is 0 Å². The minimum absolute atomic E-state index is 0.309. The first-order chi connectivity index (χ1) is 5.27. The predicted octanol–water partition coefficient (Wildman–Crippen LogP) is 1.85. The van der Waals surface area contributed by atoms with Gasteiger partial charge in [-0.1, -0.05) is 17.7 Å². The summed E-state index contributed by atoms with van der Waals surface area (Å²) < 4.78 is 5.06. The van der Waals surface area contributed by atoms with E-state index in [9.17, 15) is 0 Å². The van der Waals surface area contributed by atoms with Gasteiger partial charge in [-0.05, 0) is 13.0 Å². The lowest BCUT2D eigenvalue weighted by molar-refractivity contribution is 0.310. The molecule has 1 aromatic rings. The largest absolute Gasteiger partial charge is 0.473 e. The molecule has 2 nitrogen and oxygen atoms in total. The standard InChI is InChI=1S/C9H9NO/c1-6-2-3-7-5-11-9(10)8(7)4-6/h2-4,10H,5H2,1H3. The Morgan fingerprint density at radius 3 is 3.09 bits per heavy atom. The quantitative estimate of drug-likeness (QED) is 0.596. The lowest BCUT2D eigenvalue weighted by Gasteiger charge is -1.95. The predicted molar refractivity (Wildman–Crippen MR) is 42.8 cm³/mol. The number of hydrogen-bond acceptors (Lipinski definition) is 2. The topological polar surface area (TPSA) is 33.1 Å². The third-order valence-corrected chi connectivity index (χ3v) is 1.88. The Hall–Kier alpha value is -1.31. The number of hydrogen-bond donors (Lipinski definition) is 1. The van der Waals surface area contributed by atoms with Crippen molar-refractivity contribution in [2.75, 3.05) is 0 Å². The van der Waals surface area contributed by atoms with Gasteiger partial charge in [0.2, 0.25) is 5.90 Å². The van der Waals surface area contributed by atoms with Crippen molar-refractivity contribution in [3.8, 4) is 0 Å². The molecule has 1 aliphatic heterocycles. The van der Waals surface area contributed by atoms with Gasteiger partial charge in [-0.15, -0.1) is 0 Å². The van der Waals surface area contributed by atoms with Crippen molar-refractivity contribution in [3.05, 3.63) is 34.9 Å². The molecule has 2 heteroatoms. The van der Waals surface area contributed by atoms with Gasteiger partial charge in [-0.2, -0.15) is 0 Å². The molecular weight excluding hydrogens is 138 g/mol. The Bertz CT molecular complexity index is 317. The van der Waals surface area contributed by atoms with Crippen molar-refractivity contribution >= 4 is 5.90 Å². The lowest BCUT2D eigenvalue weighted by atomic mass is 10.1. The maximum atomic E-state index is 7.40. The van der Waals surface area contributed by atoms with E-state index in [1.54, 1.807) is 0 Å². The molecule has 0 radical (unpaired) electrons. The van der Waals surface area contributed by atoms with E-state index in [0.29, 0.717) is 12.5 Å². The summed E-state index contributed by atoms with van der Waals surface area (Å²) in [6, 6.07) is 6.05. The van der Waals surface area contributed by atoms with Crippen LogP contribution in [0.5, 0.6) is 0 Å². The third kappa shape index (κ3) is 0.909. The smallest absolute Gasteiger partial charge is 0.213 e. The average molecular weight is 147 g/mol. The van der Waals surface area contributed by atoms with E-state index in [1.165, 1.54) is 5.56 Å². The van der Waals surface area contributed by atoms with Crippen LogP contribution in [0.1, 0.15) is 16.7 Å². The highest BCUT2D eigenvalue weighted by Gasteiger charge is 2.16. The Labute approximate surface area is 65.3 Å². The molecule has 0 saturated heterocycles. The monoisotopic (exact) mass is 147 g/mol. The Morgan fingerprint density at radius 2 is 2.27 bits per heavy atom. The van der Waals surface area contributed by atoms with E-state index in [0.717, 1.165) is 11.1 Å². The van der Waals surface area contributed by atoms with Gasteiger partial charge >= 0.3 is 0 Å². The molecule has 0 saturated carbocycles. The summed E-state index contributed by atoms with van der Waals surface area (Å²) in [6.07, 6.45) is 0. The minimum Gasteiger partial charge on any atom is -0.473 e. The van der Waals surface area contributed by atoms with Crippen molar-refractivity contribution in [1.29, 1.82) is 5.41 Å². The van der Waals surface area contributed by atoms with Gasteiger partial charge in [0.1, 0.15) is 6.61 Å². The number of nitrogens with one attached hydrogen (secondary N) is 1. The van der Waals surface area contributed by atoms with Crippen molar-refractivity contribution in [3.63, 3.8) is 0 Å². The summed E-state index contributed by atoms with van der Waals surface area (Å²) in [5, 5.41) is 7.40. The number of fused-ring (bicyclic) bond motifs is 1. The first-order valence-electron chi connectivity index (χ1n) is 3.58. The SMILES string of the molecule is Cc1ccc2c(c1)C(=N)OC2. The van der Waals surface area contributed by atoms with Crippen molar-refractivity contribution in [2.45, 2.75) is 13.5 Å². The van der Waals surface area contributed by atoms with E-state index in [2.05, 4.69) is 0 Å². The molecule has 0 bridgehead atoms. The Morgan fingerprint density at radius 1 is 1.45 bits per heavy atom. The Balaban J connectivity index is 2.60. The van der Waals surface area contributed by atoms with Crippen molar-refractivity contribution in [1.82, 2.24) is 0 Å². The number of rotatable bonds is 0. The third-order valence-electron chi connectivity index (χ3n) is 1.88. The second-order valence-corrected chi connectivity index (χ2v) is 2.78. The molecule has 11 heavy (non-hydrogen) atoms. The summed E-state index contributed by atoms with van der Waals surface area (Å²) in [5.74, 6) is 0.309. The van der Waals surface area contributed by atoms with Gasteiger partial charge in [0.05, 0.1) is 0 Å². The highest BCUT2D eigenvalue weighted by Crippen LogP contribution is 2.20. The highest BCUT2D eigenvalue weighted by atomic mass is 16.5. The van der Waals surface area contributed by atoms with Crippen LogP contribution in [0.3, 0.4) is 0 Å². The molecule has 0 amide bonds. The highest BCUT2D eigenvalue weighted by molar-refractivity contribution is 5.95. The number of ether oxygens (including phenoxy) is 1. The molecule has 0 spiro atoms. The van der Waals surface area contributed by atoms with Crippen LogP contribution < -0.4 is 0 Å². The molecule has 0 unspecified atom stereocenters. The van der Waals surface area contributed by atoms with Gasteiger partial charge in [0, 0.05) is 11.1 Å². The van der Waals surface area contributed by atoms with Crippen LogP contribution in [-0.2, 0) is 11.3 Å². The van der Waals surface area contributed by atoms with Crippen LogP contribution in [0.15, 0.2) is 18.2 Å². The second-order valence-electron chi connectivity index (χ2n) is 2.78. The van der Waals surface area contributed by atoms with E-state index in [4.69, 9.17) is 10.1 Å². The van der Waals surface area contributed by atoms with Gasteiger partial charge < -0.3 is 4.74 Å². The fourth-order valence-electron chi connectivity index (χ4n) is 1.26. The van der Waals surface area contributed by atoms with Gasteiger partial charge in [-0.25, -0.2) is 0 Å². The summed E-state index contributed by atoms with van der Waals surface area (Å²) >= 11 is 0. The van der Waals surface area contributed by atoms with Gasteiger partial charge in [0.15, 0.2) is 0 Å². The molecule has 1 aliphatic rings. The Kier molecular flexibility index (Phi) is 1.22. The molecule has 56 valence electrons. The average Bonchev–Trinajstić information content (AvgIpc) is 2.33. The van der Waals surface area contributed by atoms with Crippen molar-refractivity contribution < 1.29 is 4.74 Å². The van der Waals surface area contributed by atoms with E-state index >= 15 is 0 Å². The molecule has 0 aliphatic carbocycles. The maximum absolute atomic E-state index is 7.40. The first kappa shape index (κ1) is 6.40. The molecule has 1 aromatic carbocycles. The van der Waals surface area contributed by atoms with E-state index in [1.807, 2.05) is 25.1 Å². The fraction of sp³-hybridized carbons (Fsp3) is 0.222. The minimum atomic E-state index is 0.309. The van der Waals surface area contributed by atoms with Crippen LogP contribution in [0, 0.1) is 12.3 Å². The van der Waals surface area contributed by atoms with Gasteiger partial charge in [-0.3, -0.25) is 5.41 Å². The molecule has 1 N–H and O–H groups in total. The summed E-state index contributed by atoms with van der Waals surface area (Å²) in [5.41, 5.74) is 3.25. The lowest BCUT2D eigenvalue weighted by Crippen LogP contribution is -1.93. The normalized spacial score (nSPS) is 14.5. The zero-order valence-corrected chi connectivity index (χ0v) is 6.35. The first-order valence-corrected chi connectivity index (χ1v) is 3.58. The van der Waals surface area contributed by atoms with Gasteiger partial charge in [0.25, 0.3) is 0 Å². The molecule has 2 rings (SSSR count). The van der Waals surface area contributed by atoms with Crippen LogP contribution in [0.25, 0.3) is 0 Å². The van der Waals surface area contributed by atoms with E-state index < -0.39 is 0 Å². The number of benzene rings is 1. The molecule has 0 aromatic heterocycles. The zero-order valence-electron chi connectivity index (χ0n) is 6.35. The zero-order chi connectivity index (χ0) is 7.84. The maximum Gasteiger partial charge on any atom is 0.213 e. The van der Waals surface area contributed by atoms with Crippen LogP contribution in [0.2, 0.25) is 0 Å². The fourth-order valence-corrected chi connectivity index (χ4v) is 1.26. The number of aryl methyl sites for hydroxylation is 1. The van der Waals surface area contributed by atoms with Crippen LogP contribution in [-0.4, -0.2) is 5.90 Å².